The normalized spacial score (nSPS) is 11.5. The summed E-state index contributed by atoms with van der Waals surface area (Å²) >= 11 is 0. The Hall–Kier alpha value is -1.82. The van der Waals surface area contributed by atoms with Crippen molar-refractivity contribution >= 4 is 11.4 Å². The molecule has 0 spiro atoms. The summed E-state index contributed by atoms with van der Waals surface area (Å²) in [7, 11) is 3.91. The number of nitro benzene ring substituents is 1. The number of hydrogen-bond donors (Lipinski definition) is 1. The van der Waals surface area contributed by atoms with Crippen molar-refractivity contribution in [3.05, 3.63) is 28.3 Å². The molecule has 6 nitrogen and oxygen atoms in total. The molecule has 0 radical (unpaired) electrons. The first kappa shape index (κ1) is 17.2. The number of para-hydroxylation sites is 1. The smallest absolute Gasteiger partial charge is 0.333 e. The summed E-state index contributed by atoms with van der Waals surface area (Å²) in [6.45, 7) is 7.13. The fourth-order valence-corrected chi connectivity index (χ4v) is 1.61. The van der Waals surface area contributed by atoms with Gasteiger partial charge in [-0.15, -0.1) is 0 Å². The first-order chi connectivity index (χ1) is 9.79. The molecule has 21 heavy (non-hydrogen) atoms. The topological polar surface area (TPSA) is 67.6 Å². The van der Waals surface area contributed by atoms with E-state index in [-0.39, 0.29) is 11.2 Å². The van der Waals surface area contributed by atoms with Crippen molar-refractivity contribution in [1.29, 1.82) is 0 Å². The second kappa shape index (κ2) is 7.26. The quantitative estimate of drug-likeness (QED) is 0.589. The highest BCUT2D eigenvalue weighted by molar-refractivity contribution is 5.68. The van der Waals surface area contributed by atoms with E-state index in [0.29, 0.717) is 24.6 Å². The van der Waals surface area contributed by atoms with Crippen LogP contribution in [0.4, 0.5) is 11.4 Å². The molecule has 0 aliphatic rings. The average molecular weight is 295 g/mol. The summed E-state index contributed by atoms with van der Waals surface area (Å²) in [4.78, 5) is 13.0. The number of anilines is 1. The van der Waals surface area contributed by atoms with E-state index in [1.165, 1.54) is 0 Å². The first-order valence-corrected chi connectivity index (χ1v) is 7.11. The summed E-state index contributed by atoms with van der Waals surface area (Å²) in [6.07, 6.45) is 0.899. The average Bonchev–Trinajstić information content (AvgIpc) is 2.42. The Morgan fingerprint density at radius 2 is 2.05 bits per heavy atom. The first-order valence-electron chi connectivity index (χ1n) is 7.11. The van der Waals surface area contributed by atoms with Crippen LogP contribution in [-0.4, -0.2) is 42.6 Å². The zero-order valence-corrected chi connectivity index (χ0v) is 13.5. The van der Waals surface area contributed by atoms with Crippen LogP contribution in [0.5, 0.6) is 5.75 Å². The molecular formula is C15H25N3O3. The van der Waals surface area contributed by atoms with E-state index in [9.17, 15) is 10.1 Å². The molecule has 1 N–H and O–H groups in total. The summed E-state index contributed by atoms with van der Waals surface area (Å²) in [5.74, 6) is 0.302. The Morgan fingerprint density at radius 3 is 2.57 bits per heavy atom. The number of ether oxygens (including phenoxy) is 1. The largest absolute Gasteiger partial charge is 0.485 e. The molecule has 0 atom stereocenters. The lowest BCUT2D eigenvalue weighted by molar-refractivity contribution is -0.385. The van der Waals surface area contributed by atoms with Gasteiger partial charge in [-0.3, -0.25) is 10.1 Å². The van der Waals surface area contributed by atoms with Gasteiger partial charge in [-0.2, -0.15) is 0 Å². The number of hydrogen-bond acceptors (Lipinski definition) is 5. The van der Waals surface area contributed by atoms with Crippen molar-refractivity contribution < 1.29 is 9.66 Å². The lowest BCUT2D eigenvalue weighted by Gasteiger charge is -2.32. The number of likely N-dealkylation sites (N-methyl/N-ethyl adjacent to an activating group) is 1. The van der Waals surface area contributed by atoms with Crippen LogP contribution in [0, 0.1) is 10.1 Å². The lowest BCUT2D eigenvalue weighted by atomic mass is 10.1. The second-order valence-electron chi connectivity index (χ2n) is 5.83. The van der Waals surface area contributed by atoms with E-state index in [2.05, 4.69) is 5.32 Å². The van der Waals surface area contributed by atoms with Gasteiger partial charge >= 0.3 is 5.69 Å². The van der Waals surface area contributed by atoms with Crippen LogP contribution < -0.4 is 10.1 Å². The van der Waals surface area contributed by atoms with Gasteiger partial charge in [-0.25, -0.2) is 0 Å². The Balaban J connectivity index is 2.98. The van der Waals surface area contributed by atoms with Crippen LogP contribution >= 0.6 is 0 Å². The minimum atomic E-state index is -0.393. The van der Waals surface area contributed by atoms with Gasteiger partial charge in [-0.1, -0.05) is 13.0 Å². The Morgan fingerprint density at radius 1 is 1.38 bits per heavy atom. The molecule has 0 aliphatic heterocycles. The summed E-state index contributed by atoms with van der Waals surface area (Å²) < 4.78 is 5.72. The van der Waals surface area contributed by atoms with Gasteiger partial charge in [0.05, 0.1) is 4.92 Å². The molecule has 1 rings (SSSR count). The number of rotatable bonds is 8. The van der Waals surface area contributed by atoms with E-state index < -0.39 is 4.92 Å². The number of nitrogens with zero attached hydrogens (tertiary/aromatic N) is 2. The van der Waals surface area contributed by atoms with Crippen LogP contribution in [0.2, 0.25) is 0 Å². The summed E-state index contributed by atoms with van der Waals surface area (Å²) in [5.41, 5.74) is 0.295. The van der Waals surface area contributed by atoms with Gasteiger partial charge < -0.3 is 15.0 Å². The zero-order chi connectivity index (χ0) is 16.0. The molecule has 0 saturated carbocycles. The fraction of sp³-hybridized carbons (Fsp3) is 0.600. The summed E-state index contributed by atoms with van der Waals surface area (Å²) in [6, 6.07) is 5.11. The van der Waals surface area contributed by atoms with Gasteiger partial charge in [0.25, 0.3) is 0 Å². The van der Waals surface area contributed by atoms with Gasteiger partial charge in [0.1, 0.15) is 12.3 Å². The maximum atomic E-state index is 11.3. The highest BCUT2D eigenvalue weighted by Crippen LogP contribution is 2.35. The molecule has 0 saturated heterocycles. The van der Waals surface area contributed by atoms with E-state index in [1.54, 1.807) is 18.2 Å². The molecule has 0 unspecified atom stereocenters. The van der Waals surface area contributed by atoms with Crippen molar-refractivity contribution in [2.45, 2.75) is 32.7 Å². The molecule has 118 valence electrons. The zero-order valence-electron chi connectivity index (χ0n) is 13.5. The SMILES string of the molecule is CCCNc1cccc(OCC(C)(C)N(C)C)c1[N+](=O)[O-]. The maximum Gasteiger partial charge on any atom is 0.333 e. The highest BCUT2D eigenvalue weighted by atomic mass is 16.6. The number of nitrogens with one attached hydrogen (secondary N) is 1. The van der Waals surface area contributed by atoms with Crippen molar-refractivity contribution in [1.82, 2.24) is 4.90 Å². The Labute approximate surface area is 126 Å². The maximum absolute atomic E-state index is 11.3. The van der Waals surface area contributed by atoms with Crippen LogP contribution in [0.3, 0.4) is 0 Å². The molecule has 1 aromatic rings. The van der Waals surface area contributed by atoms with Crippen molar-refractivity contribution in [3.8, 4) is 5.75 Å². The third-order valence-electron chi connectivity index (χ3n) is 3.54. The van der Waals surface area contributed by atoms with Gasteiger partial charge in [0.15, 0.2) is 5.75 Å². The minimum Gasteiger partial charge on any atom is -0.485 e. The van der Waals surface area contributed by atoms with Gasteiger partial charge in [0.2, 0.25) is 0 Å². The third-order valence-corrected chi connectivity index (χ3v) is 3.54. The minimum absolute atomic E-state index is 0.000469. The van der Waals surface area contributed by atoms with Crippen LogP contribution in [-0.2, 0) is 0 Å². The predicted octanol–water partition coefficient (Wildman–Crippen LogP) is 3.14. The Kier molecular flexibility index (Phi) is 5.96. The number of benzene rings is 1. The van der Waals surface area contributed by atoms with Crippen molar-refractivity contribution in [2.24, 2.45) is 0 Å². The lowest BCUT2D eigenvalue weighted by Crippen LogP contribution is -2.43. The molecule has 0 aromatic heterocycles. The molecular weight excluding hydrogens is 270 g/mol. The second-order valence-corrected chi connectivity index (χ2v) is 5.83. The van der Waals surface area contributed by atoms with Gasteiger partial charge in [-0.05, 0) is 46.5 Å². The summed E-state index contributed by atoms with van der Waals surface area (Å²) in [5, 5.41) is 14.4. The predicted molar refractivity (Wildman–Crippen MR) is 85.1 cm³/mol. The highest BCUT2D eigenvalue weighted by Gasteiger charge is 2.25. The van der Waals surface area contributed by atoms with E-state index in [4.69, 9.17) is 4.74 Å². The van der Waals surface area contributed by atoms with Crippen LogP contribution in [0.25, 0.3) is 0 Å². The van der Waals surface area contributed by atoms with Gasteiger partial charge in [0, 0.05) is 12.1 Å². The molecule has 1 aromatic carbocycles. The van der Waals surface area contributed by atoms with Crippen LogP contribution in [0.1, 0.15) is 27.2 Å². The van der Waals surface area contributed by atoms with E-state index >= 15 is 0 Å². The van der Waals surface area contributed by atoms with Crippen molar-refractivity contribution in [3.63, 3.8) is 0 Å². The molecule has 0 bridgehead atoms. The fourth-order valence-electron chi connectivity index (χ4n) is 1.61. The van der Waals surface area contributed by atoms with Crippen LogP contribution in [0.15, 0.2) is 18.2 Å². The number of nitro groups is 1. The van der Waals surface area contributed by atoms with Crippen molar-refractivity contribution in [2.75, 3.05) is 32.6 Å². The molecule has 0 aliphatic carbocycles. The molecule has 0 amide bonds. The monoisotopic (exact) mass is 295 g/mol. The Bertz CT molecular complexity index is 487. The molecule has 0 heterocycles. The standard InChI is InChI=1S/C15H25N3O3/c1-6-10-16-12-8-7-9-13(14(12)18(19)20)21-11-15(2,3)17(4)5/h7-9,16H,6,10-11H2,1-5H3. The van der Waals surface area contributed by atoms with E-state index in [0.717, 1.165) is 6.42 Å². The third kappa shape index (κ3) is 4.60. The molecule has 0 fully saturated rings. The van der Waals surface area contributed by atoms with E-state index in [1.807, 2.05) is 39.8 Å². The molecule has 6 heteroatoms.